The van der Waals surface area contributed by atoms with Gasteiger partial charge in [0.15, 0.2) is 0 Å². The van der Waals surface area contributed by atoms with Crippen LogP contribution in [-0.2, 0) is 17.1 Å². The van der Waals surface area contributed by atoms with Crippen LogP contribution < -0.4 is 0 Å². The quantitative estimate of drug-likeness (QED) is 0.270. The molecule has 0 aromatic heterocycles. The first-order valence-corrected chi connectivity index (χ1v) is 14.7. The summed E-state index contributed by atoms with van der Waals surface area (Å²) in [5.41, 5.74) is 7.37. The van der Waals surface area contributed by atoms with Gasteiger partial charge in [-0.2, -0.15) is 0 Å². The molecule has 4 rings (SSSR count). The largest absolute Gasteiger partial charge is 0.0924 e. The first-order chi connectivity index (χ1) is 13.7. The summed E-state index contributed by atoms with van der Waals surface area (Å²) in [7, 11) is 0.340. The van der Waals surface area contributed by atoms with E-state index in [0.717, 1.165) is 22.6 Å². The monoisotopic (exact) mass is 470 g/mol. The van der Waals surface area contributed by atoms with E-state index in [4.69, 9.17) is 0 Å². The molecule has 0 N–H and O–H groups in total. The van der Waals surface area contributed by atoms with Crippen molar-refractivity contribution in [1.82, 2.24) is 0 Å². The first-order valence-electron chi connectivity index (χ1n) is 11.7. The van der Waals surface area contributed by atoms with Gasteiger partial charge >= 0.3 is 0 Å². The Morgan fingerprint density at radius 3 is 1.00 bits per heavy atom. The molecule has 0 aromatic rings. The molecule has 0 unspecified atom stereocenters. The smallest absolute Gasteiger partial charge is 0.00803 e. The summed E-state index contributed by atoms with van der Waals surface area (Å²) in [6.45, 7) is 9.45. The van der Waals surface area contributed by atoms with Crippen LogP contribution in [0.25, 0.3) is 0 Å². The molecule has 10 radical (unpaired) electrons. The average molecular weight is 470 g/mol. The van der Waals surface area contributed by atoms with Crippen LogP contribution in [0, 0.1) is 62.7 Å². The van der Waals surface area contributed by atoms with E-state index >= 15 is 0 Å². The van der Waals surface area contributed by atoms with Gasteiger partial charge in [-0.25, -0.2) is 0 Å². The van der Waals surface area contributed by atoms with E-state index in [9.17, 15) is 0 Å². The van der Waals surface area contributed by atoms with Gasteiger partial charge in [-0.1, -0.05) is 43.5 Å². The molecule has 4 aliphatic rings. The van der Waals surface area contributed by atoms with Gasteiger partial charge in [-0.05, 0) is 125 Å². The van der Waals surface area contributed by atoms with Gasteiger partial charge in [0, 0.05) is 28.4 Å². The van der Waals surface area contributed by atoms with Gasteiger partial charge in [0.2, 0.25) is 0 Å². The van der Waals surface area contributed by atoms with Crippen molar-refractivity contribution in [2.24, 2.45) is 0 Å². The molecule has 0 spiro atoms. The van der Waals surface area contributed by atoms with Gasteiger partial charge in [0.25, 0.3) is 0 Å². The predicted molar refractivity (Wildman–Crippen MR) is 130 cm³/mol. The van der Waals surface area contributed by atoms with Crippen LogP contribution >= 0.6 is 15.8 Å². The average Bonchev–Trinajstić information content (AvgIpc) is 3.52. The van der Waals surface area contributed by atoms with Crippen LogP contribution in [0.1, 0.15) is 79.1 Å². The third-order valence-electron chi connectivity index (χ3n) is 7.01. The van der Waals surface area contributed by atoms with Gasteiger partial charge in [0.1, 0.15) is 0 Å². The SMILES string of the molecule is CC[C@@H]1CC[C@@H](CC)P1[C]1[CH][CH][CH][CH]1.CC[C@@H]1CC[C@@H](CC)P1[C]1[CH][CH][CH][CH]1.[Fe]. The molecular formula is C26H40FeP2. The summed E-state index contributed by atoms with van der Waals surface area (Å²) in [6.07, 6.45) is 29.7. The summed E-state index contributed by atoms with van der Waals surface area (Å²) in [5.74, 6) is 0. The Kier molecular flexibility index (Phi) is 12.7. The van der Waals surface area contributed by atoms with Crippen LogP contribution in [0.3, 0.4) is 0 Å². The normalized spacial score (nSPS) is 34.3. The predicted octanol–water partition coefficient (Wildman–Crippen LogP) is 8.36. The summed E-state index contributed by atoms with van der Waals surface area (Å²) < 4.78 is 0. The maximum Gasteiger partial charge on any atom is 0.00803 e. The second kappa shape index (κ2) is 13.8. The van der Waals surface area contributed by atoms with E-state index in [0.29, 0.717) is 0 Å². The Morgan fingerprint density at radius 2 is 0.793 bits per heavy atom. The van der Waals surface area contributed by atoms with Crippen LogP contribution in [0.4, 0.5) is 0 Å². The molecule has 2 heterocycles. The van der Waals surface area contributed by atoms with Gasteiger partial charge < -0.3 is 0 Å². The van der Waals surface area contributed by atoms with Crippen LogP contribution in [0.15, 0.2) is 0 Å². The number of hydrogen-bond donors (Lipinski definition) is 0. The molecule has 2 aliphatic heterocycles. The van der Waals surface area contributed by atoms with Crippen molar-refractivity contribution in [3.63, 3.8) is 0 Å². The van der Waals surface area contributed by atoms with Crippen molar-refractivity contribution in [2.75, 3.05) is 0 Å². The van der Waals surface area contributed by atoms with Crippen LogP contribution in [-0.4, -0.2) is 22.6 Å². The second-order valence-electron chi connectivity index (χ2n) is 8.50. The minimum absolute atomic E-state index is 0. The molecule has 2 saturated carbocycles. The second-order valence-corrected chi connectivity index (χ2v) is 14.1. The van der Waals surface area contributed by atoms with Crippen molar-refractivity contribution in [3.05, 3.63) is 62.7 Å². The molecular weight excluding hydrogens is 430 g/mol. The fraction of sp³-hybridized carbons (Fsp3) is 0.615. The molecule has 3 heteroatoms. The van der Waals surface area contributed by atoms with Crippen molar-refractivity contribution < 1.29 is 17.1 Å². The topological polar surface area (TPSA) is 0 Å². The molecule has 162 valence electrons. The Balaban J connectivity index is 0.000000200. The zero-order valence-electron chi connectivity index (χ0n) is 18.8. The van der Waals surface area contributed by atoms with E-state index in [2.05, 4.69) is 79.1 Å². The molecule has 0 aromatic carbocycles. The molecule has 0 nitrogen and oxygen atoms in total. The Hall–Kier alpha value is 1.38. The van der Waals surface area contributed by atoms with Crippen molar-refractivity contribution >= 4 is 15.8 Å². The third kappa shape index (κ3) is 6.69. The Morgan fingerprint density at radius 1 is 0.552 bits per heavy atom. The van der Waals surface area contributed by atoms with Crippen molar-refractivity contribution in [2.45, 2.75) is 102 Å². The fourth-order valence-electron chi connectivity index (χ4n) is 5.44. The Bertz CT molecular complexity index is 366. The maximum absolute atomic E-state index is 2.36. The van der Waals surface area contributed by atoms with Crippen LogP contribution in [0.2, 0.25) is 0 Å². The molecule has 0 amide bonds. The molecule has 4 atom stereocenters. The number of hydrogen-bond acceptors (Lipinski definition) is 0. The third-order valence-corrected chi connectivity index (χ3v) is 14.4. The minimum atomic E-state index is 0. The van der Waals surface area contributed by atoms with E-state index in [1.807, 2.05) is 0 Å². The van der Waals surface area contributed by atoms with Crippen molar-refractivity contribution in [1.29, 1.82) is 0 Å². The molecule has 2 saturated heterocycles. The summed E-state index contributed by atoms with van der Waals surface area (Å²) in [4.78, 5) is 0. The maximum atomic E-state index is 2.36. The molecule has 2 aliphatic carbocycles. The molecule has 29 heavy (non-hydrogen) atoms. The Labute approximate surface area is 196 Å². The zero-order chi connectivity index (χ0) is 19.9. The van der Waals surface area contributed by atoms with Crippen molar-refractivity contribution in [3.8, 4) is 0 Å². The van der Waals surface area contributed by atoms with E-state index in [1.165, 1.54) is 51.4 Å². The fourth-order valence-corrected chi connectivity index (χ4v) is 12.6. The minimum Gasteiger partial charge on any atom is -0.0924 e. The zero-order valence-corrected chi connectivity index (χ0v) is 21.7. The van der Waals surface area contributed by atoms with E-state index in [1.54, 1.807) is 11.3 Å². The number of rotatable bonds is 6. The van der Waals surface area contributed by atoms with Gasteiger partial charge in [-0.3, -0.25) is 0 Å². The summed E-state index contributed by atoms with van der Waals surface area (Å²) in [6, 6.07) is 0. The molecule has 0 bridgehead atoms. The van der Waals surface area contributed by atoms with E-state index < -0.39 is 0 Å². The summed E-state index contributed by atoms with van der Waals surface area (Å²) in [5, 5.41) is 0. The molecule has 4 fully saturated rings. The van der Waals surface area contributed by atoms with Crippen LogP contribution in [0.5, 0.6) is 0 Å². The standard InChI is InChI=1S/2C13H20P.Fe/c2*1-3-11-9-10-12(4-2)14(11)13-7-5-6-8-13;/h2*5-8,11-12H,3-4,9-10H2,1-2H3;/t2*11-,12-;/m11./s1. The first kappa shape index (κ1) is 26.6. The van der Waals surface area contributed by atoms with E-state index in [-0.39, 0.29) is 32.9 Å². The summed E-state index contributed by atoms with van der Waals surface area (Å²) >= 11 is 0. The van der Waals surface area contributed by atoms with Gasteiger partial charge in [-0.15, -0.1) is 0 Å². The van der Waals surface area contributed by atoms with Gasteiger partial charge in [0.05, 0.1) is 0 Å².